The molecular formula is C11H25NO. The zero-order valence-corrected chi connectivity index (χ0v) is 9.81. The van der Waals surface area contributed by atoms with Gasteiger partial charge in [-0.25, -0.2) is 0 Å². The Bertz CT molecular complexity index is 107. The van der Waals surface area contributed by atoms with Gasteiger partial charge in [-0.15, -0.1) is 0 Å². The molecule has 1 heterocycles. The number of carbonyl (C=O) groups excluding carboxylic acids is 1. The van der Waals surface area contributed by atoms with Crippen LogP contribution in [0.3, 0.4) is 0 Å². The minimum atomic E-state index is 0.353. The van der Waals surface area contributed by atoms with E-state index in [1.807, 2.05) is 27.7 Å². The Morgan fingerprint density at radius 3 is 1.69 bits per heavy atom. The lowest BCUT2D eigenvalue weighted by Gasteiger charge is -2.19. The molecule has 0 bridgehead atoms. The molecule has 1 rings (SSSR count). The maximum Gasteiger partial charge on any atom is 0.133 e. The molecule has 0 aromatic carbocycles. The Labute approximate surface area is 83.1 Å². The molecule has 0 unspecified atom stereocenters. The highest BCUT2D eigenvalue weighted by Gasteiger charge is 2.16. The molecule has 0 aromatic heterocycles. The van der Waals surface area contributed by atoms with Crippen LogP contribution in [0, 0.1) is 5.92 Å². The minimum absolute atomic E-state index is 0.353. The molecule has 1 saturated heterocycles. The quantitative estimate of drug-likeness (QED) is 0.683. The van der Waals surface area contributed by atoms with E-state index in [1.165, 1.54) is 0 Å². The zero-order chi connectivity index (χ0) is 10.7. The van der Waals surface area contributed by atoms with Crippen molar-refractivity contribution in [1.82, 2.24) is 5.32 Å². The van der Waals surface area contributed by atoms with Crippen molar-refractivity contribution >= 4 is 5.78 Å². The molecular weight excluding hydrogens is 162 g/mol. The molecule has 13 heavy (non-hydrogen) atoms. The highest BCUT2D eigenvalue weighted by Crippen LogP contribution is 2.11. The van der Waals surface area contributed by atoms with Crippen LogP contribution >= 0.6 is 0 Å². The third kappa shape index (κ3) is 7.97. The number of Topliss-reactive ketones (excluding diaryl/α,β-unsaturated/α-hetero) is 1. The first-order valence-electron chi connectivity index (χ1n) is 5.52. The second-order valence-corrected chi connectivity index (χ2v) is 2.63. The first kappa shape index (κ1) is 15.1. The van der Waals surface area contributed by atoms with Crippen LogP contribution in [0.15, 0.2) is 0 Å². The zero-order valence-electron chi connectivity index (χ0n) is 9.81. The fourth-order valence-corrected chi connectivity index (χ4v) is 1.23. The normalized spacial score (nSPS) is 16.1. The Morgan fingerprint density at radius 1 is 1.08 bits per heavy atom. The van der Waals surface area contributed by atoms with Crippen molar-refractivity contribution in [3.05, 3.63) is 0 Å². The summed E-state index contributed by atoms with van der Waals surface area (Å²) in [5.41, 5.74) is 0. The van der Waals surface area contributed by atoms with Crippen LogP contribution < -0.4 is 5.32 Å². The molecule has 0 aromatic rings. The molecule has 2 heteroatoms. The molecule has 1 fully saturated rings. The average molecular weight is 187 g/mol. The van der Waals surface area contributed by atoms with Gasteiger partial charge < -0.3 is 5.32 Å². The van der Waals surface area contributed by atoms with Gasteiger partial charge >= 0.3 is 0 Å². The summed E-state index contributed by atoms with van der Waals surface area (Å²) in [6, 6.07) is 0. The van der Waals surface area contributed by atoms with Crippen molar-refractivity contribution in [2.75, 3.05) is 13.1 Å². The first-order chi connectivity index (χ1) is 6.30. The molecule has 2 nitrogen and oxygen atoms in total. The van der Waals surface area contributed by atoms with E-state index >= 15 is 0 Å². The van der Waals surface area contributed by atoms with E-state index < -0.39 is 0 Å². The van der Waals surface area contributed by atoms with Crippen LogP contribution in [0.4, 0.5) is 0 Å². The van der Waals surface area contributed by atoms with E-state index in [1.54, 1.807) is 6.92 Å². The van der Waals surface area contributed by atoms with E-state index in [-0.39, 0.29) is 0 Å². The molecule has 0 saturated carbocycles. The fourth-order valence-electron chi connectivity index (χ4n) is 1.23. The van der Waals surface area contributed by atoms with Crippen LogP contribution in [-0.4, -0.2) is 18.9 Å². The molecule has 80 valence electrons. The molecule has 0 amide bonds. The van der Waals surface area contributed by atoms with Crippen molar-refractivity contribution in [1.29, 1.82) is 0 Å². The topological polar surface area (TPSA) is 29.1 Å². The van der Waals surface area contributed by atoms with Gasteiger partial charge in [0, 0.05) is 5.92 Å². The van der Waals surface area contributed by atoms with Crippen LogP contribution in [0.5, 0.6) is 0 Å². The standard InChI is InChI=1S/C7H13NO.2C2H6/c1-6(9)7-2-4-8-5-3-7;2*1-2/h7-8H,2-5H2,1H3;2*1-2H3. The summed E-state index contributed by atoms with van der Waals surface area (Å²) in [6.45, 7) is 11.7. The summed E-state index contributed by atoms with van der Waals surface area (Å²) in [5.74, 6) is 0.711. The van der Waals surface area contributed by atoms with Crippen LogP contribution in [0.1, 0.15) is 47.5 Å². The van der Waals surface area contributed by atoms with Crippen molar-refractivity contribution in [2.24, 2.45) is 5.92 Å². The minimum Gasteiger partial charge on any atom is -0.317 e. The number of nitrogens with one attached hydrogen (secondary N) is 1. The molecule has 0 spiro atoms. The highest BCUT2D eigenvalue weighted by atomic mass is 16.1. The Morgan fingerprint density at radius 2 is 1.46 bits per heavy atom. The lowest BCUT2D eigenvalue weighted by atomic mass is 9.95. The molecule has 1 aliphatic heterocycles. The van der Waals surface area contributed by atoms with Gasteiger partial charge in [0.05, 0.1) is 0 Å². The molecule has 0 radical (unpaired) electrons. The van der Waals surface area contributed by atoms with E-state index in [0.29, 0.717) is 11.7 Å². The SMILES string of the molecule is CC.CC.CC(=O)C1CCNCC1. The van der Waals surface area contributed by atoms with Gasteiger partial charge in [0.1, 0.15) is 5.78 Å². The molecule has 0 atom stereocenters. The smallest absolute Gasteiger partial charge is 0.133 e. The monoisotopic (exact) mass is 187 g/mol. The predicted octanol–water partition coefficient (Wildman–Crippen LogP) is 2.63. The lowest BCUT2D eigenvalue weighted by Crippen LogP contribution is -2.30. The van der Waals surface area contributed by atoms with E-state index in [0.717, 1.165) is 25.9 Å². The summed E-state index contributed by atoms with van der Waals surface area (Å²) in [7, 11) is 0. The largest absolute Gasteiger partial charge is 0.317 e. The van der Waals surface area contributed by atoms with Crippen molar-refractivity contribution < 1.29 is 4.79 Å². The van der Waals surface area contributed by atoms with Crippen LogP contribution in [0.25, 0.3) is 0 Å². The third-order valence-corrected chi connectivity index (χ3v) is 1.91. The fraction of sp³-hybridized carbons (Fsp3) is 0.909. The molecule has 1 aliphatic rings. The highest BCUT2D eigenvalue weighted by molar-refractivity contribution is 5.78. The van der Waals surface area contributed by atoms with E-state index in [4.69, 9.17) is 0 Å². The summed E-state index contributed by atoms with van der Waals surface area (Å²) in [4.78, 5) is 10.8. The number of ketones is 1. The van der Waals surface area contributed by atoms with Gasteiger partial charge in [0.25, 0.3) is 0 Å². The van der Waals surface area contributed by atoms with Crippen LogP contribution in [0.2, 0.25) is 0 Å². The second-order valence-electron chi connectivity index (χ2n) is 2.63. The Balaban J connectivity index is 0. The van der Waals surface area contributed by atoms with Crippen molar-refractivity contribution in [2.45, 2.75) is 47.5 Å². The van der Waals surface area contributed by atoms with Gasteiger partial charge in [-0.3, -0.25) is 4.79 Å². The average Bonchev–Trinajstić information content (AvgIpc) is 2.25. The number of carbonyl (C=O) groups is 1. The summed E-state index contributed by atoms with van der Waals surface area (Å²) < 4.78 is 0. The van der Waals surface area contributed by atoms with Crippen molar-refractivity contribution in [3.8, 4) is 0 Å². The number of hydrogen-bond acceptors (Lipinski definition) is 2. The lowest BCUT2D eigenvalue weighted by molar-refractivity contribution is -0.121. The summed E-state index contributed by atoms with van der Waals surface area (Å²) in [6.07, 6.45) is 2.07. The van der Waals surface area contributed by atoms with Gasteiger partial charge in [0.15, 0.2) is 0 Å². The van der Waals surface area contributed by atoms with Gasteiger partial charge in [0.2, 0.25) is 0 Å². The maximum absolute atomic E-state index is 10.8. The molecule has 1 N–H and O–H groups in total. The third-order valence-electron chi connectivity index (χ3n) is 1.91. The van der Waals surface area contributed by atoms with Gasteiger partial charge in [-0.1, -0.05) is 27.7 Å². The van der Waals surface area contributed by atoms with Gasteiger partial charge in [-0.05, 0) is 32.9 Å². The Hall–Kier alpha value is -0.370. The summed E-state index contributed by atoms with van der Waals surface area (Å²) in [5, 5.41) is 3.22. The number of hydrogen-bond donors (Lipinski definition) is 1. The molecule has 0 aliphatic carbocycles. The summed E-state index contributed by atoms with van der Waals surface area (Å²) >= 11 is 0. The maximum atomic E-state index is 10.8. The number of rotatable bonds is 1. The number of piperidine rings is 1. The Kier molecular flexibility index (Phi) is 13.5. The first-order valence-corrected chi connectivity index (χ1v) is 5.52. The van der Waals surface area contributed by atoms with E-state index in [2.05, 4.69) is 5.32 Å². The second kappa shape index (κ2) is 11.6. The predicted molar refractivity (Wildman–Crippen MR) is 59.0 cm³/mol. The van der Waals surface area contributed by atoms with Crippen molar-refractivity contribution in [3.63, 3.8) is 0 Å². The van der Waals surface area contributed by atoms with Crippen LogP contribution in [-0.2, 0) is 4.79 Å². The van der Waals surface area contributed by atoms with E-state index in [9.17, 15) is 4.79 Å². The van der Waals surface area contributed by atoms with Gasteiger partial charge in [-0.2, -0.15) is 0 Å².